The predicted octanol–water partition coefficient (Wildman–Crippen LogP) is 7.11. The molecule has 0 rings (SSSR count). The van der Waals surface area contributed by atoms with Crippen LogP contribution in [-0.4, -0.2) is 57.3 Å². The van der Waals surface area contributed by atoms with Crippen LogP contribution in [0.15, 0.2) is 12.2 Å². The van der Waals surface area contributed by atoms with Gasteiger partial charge < -0.3 is 25.7 Å². The molecule has 6 heteroatoms. The van der Waals surface area contributed by atoms with E-state index in [0.29, 0.717) is 12.8 Å². The van der Waals surface area contributed by atoms with Gasteiger partial charge in [0.1, 0.15) is 12.2 Å². The topological polar surface area (TPSA) is 110 Å². The van der Waals surface area contributed by atoms with Crippen molar-refractivity contribution in [2.45, 2.75) is 186 Å². The first-order valence-electron chi connectivity index (χ1n) is 16.6. The van der Waals surface area contributed by atoms with Gasteiger partial charge in [0.05, 0.1) is 18.8 Å². The third-order valence-corrected chi connectivity index (χ3v) is 7.73. The Morgan fingerprint density at radius 3 is 1.54 bits per heavy atom. The van der Waals surface area contributed by atoms with Crippen molar-refractivity contribution in [3.8, 4) is 0 Å². The molecular weight excluding hydrogens is 490 g/mol. The number of aliphatic hydroxyl groups excluding tert-OH is 4. The average molecular weight is 556 g/mol. The van der Waals surface area contributed by atoms with E-state index in [9.17, 15) is 25.2 Å². The molecule has 0 radical (unpaired) electrons. The van der Waals surface area contributed by atoms with Crippen molar-refractivity contribution in [1.82, 2.24) is 5.32 Å². The summed E-state index contributed by atoms with van der Waals surface area (Å²) in [4.78, 5) is 12.4. The molecule has 0 bridgehead atoms. The van der Waals surface area contributed by atoms with Crippen LogP contribution in [0.1, 0.15) is 162 Å². The molecule has 4 atom stereocenters. The Morgan fingerprint density at radius 2 is 1.05 bits per heavy atom. The Bertz CT molecular complexity index is 556. The maximum Gasteiger partial charge on any atom is 0.249 e. The number of carbonyl (C=O) groups excluding carboxylic acids is 1. The number of hydrogen-bond acceptors (Lipinski definition) is 5. The molecule has 0 heterocycles. The number of rotatable bonds is 29. The fraction of sp³-hybridized carbons (Fsp3) is 0.909. The summed E-state index contributed by atoms with van der Waals surface area (Å²) in [7, 11) is 0. The molecule has 1 amide bonds. The van der Waals surface area contributed by atoms with Crippen molar-refractivity contribution in [3.05, 3.63) is 12.2 Å². The maximum absolute atomic E-state index is 12.4. The highest BCUT2D eigenvalue weighted by Gasteiger charge is 2.28. The third kappa shape index (κ3) is 23.5. The minimum atomic E-state index is -1.27. The number of aliphatic hydroxyl groups is 4. The van der Waals surface area contributed by atoms with Crippen LogP contribution in [0.2, 0.25) is 0 Å². The van der Waals surface area contributed by atoms with Crippen LogP contribution in [0.3, 0.4) is 0 Å². The van der Waals surface area contributed by atoms with Gasteiger partial charge in [0.25, 0.3) is 0 Å². The summed E-state index contributed by atoms with van der Waals surface area (Å²) < 4.78 is 0. The predicted molar refractivity (Wildman–Crippen MR) is 164 cm³/mol. The molecule has 0 aliphatic rings. The smallest absolute Gasteiger partial charge is 0.249 e. The molecule has 6 nitrogen and oxygen atoms in total. The lowest BCUT2D eigenvalue weighted by Crippen LogP contribution is -2.53. The number of amides is 1. The van der Waals surface area contributed by atoms with E-state index in [4.69, 9.17) is 0 Å². The molecule has 5 N–H and O–H groups in total. The molecule has 39 heavy (non-hydrogen) atoms. The van der Waals surface area contributed by atoms with Gasteiger partial charge in [-0.05, 0) is 38.5 Å². The molecule has 0 aliphatic carbocycles. The summed E-state index contributed by atoms with van der Waals surface area (Å²) >= 11 is 0. The lowest BCUT2D eigenvalue weighted by molar-refractivity contribution is -0.132. The van der Waals surface area contributed by atoms with E-state index < -0.39 is 36.9 Å². The standard InChI is InChI=1S/C33H65NO5/c1-3-5-7-9-11-13-14-15-16-17-18-19-21-23-25-27-31(37)33(39)34-29(28-35)32(38)30(36)26-24-22-20-12-10-8-6-4-2/h12,20,29-32,35-38H,3-11,13-19,21-28H2,1-2H3,(H,34,39)/b20-12+. The highest BCUT2D eigenvalue weighted by atomic mass is 16.3. The van der Waals surface area contributed by atoms with Crippen molar-refractivity contribution >= 4 is 5.91 Å². The Hall–Kier alpha value is -0.950. The summed E-state index contributed by atoms with van der Waals surface area (Å²) in [6.45, 7) is 3.95. The zero-order valence-electron chi connectivity index (χ0n) is 25.6. The van der Waals surface area contributed by atoms with E-state index in [1.807, 2.05) is 0 Å². The van der Waals surface area contributed by atoms with E-state index in [0.717, 1.165) is 38.5 Å². The lowest BCUT2D eigenvalue weighted by atomic mass is 10.00. The Kier molecular flexibility index (Phi) is 27.9. The molecule has 0 saturated carbocycles. The zero-order chi connectivity index (χ0) is 29.0. The summed E-state index contributed by atoms with van der Waals surface area (Å²) in [6.07, 6.45) is 26.7. The largest absolute Gasteiger partial charge is 0.394 e. The quantitative estimate of drug-likeness (QED) is 0.0499. The van der Waals surface area contributed by atoms with Gasteiger partial charge in [-0.2, -0.15) is 0 Å². The first kappa shape index (κ1) is 38.0. The number of nitrogens with one attached hydrogen (secondary N) is 1. The van der Waals surface area contributed by atoms with Gasteiger partial charge in [0, 0.05) is 0 Å². The molecular formula is C33H65NO5. The van der Waals surface area contributed by atoms with E-state index in [1.165, 1.54) is 96.3 Å². The second-order valence-electron chi connectivity index (χ2n) is 11.5. The first-order valence-corrected chi connectivity index (χ1v) is 16.6. The summed E-state index contributed by atoms with van der Waals surface area (Å²) in [5.74, 6) is -0.597. The average Bonchev–Trinajstić information content (AvgIpc) is 2.94. The minimum Gasteiger partial charge on any atom is -0.394 e. The number of carbonyl (C=O) groups is 1. The number of unbranched alkanes of at least 4 members (excludes halogenated alkanes) is 18. The second kappa shape index (κ2) is 28.6. The Morgan fingerprint density at radius 1 is 0.615 bits per heavy atom. The van der Waals surface area contributed by atoms with E-state index in [-0.39, 0.29) is 0 Å². The molecule has 0 aromatic heterocycles. The van der Waals surface area contributed by atoms with Crippen molar-refractivity contribution in [2.75, 3.05) is 6.61 Å². The summed E-state index contributed by atoms with van der Waals surface area (Å²) in [6, 6.07) is -0.993. The molecule has 4 unspecified atom stereocenters. The van der Waals surface area contributed by atoms with Crippen molar-refractivity contribution in [2.24, 2.45) is 0 Å². The van der Waals surface area contributed by atoms with Gasteiger partial charge in [0.2, 0.25) is 5.91 Å². The first-order chi connectivity index (χ1) is 19.0. The van der Waals surface area contributed by atoms with Crippen molar-refractivity contribution in [1.29, 1.82) is 0 Å². The zero-order valence-corrected chi connectivity index (χ0v) is 25.6. The monoisotopic (exact) mass is 555 g/mol. The van der Waals surface area contributed by atoms with E-state index >= 15 is 0 Å². The van der Waals surface area contributed by atoms with E-state index in [2.05, 4.69) is 31.3 Å². The molecule has 0 aromatic carbocycles. The Labute approximate surface area is 241 Å². The molecule has 0 aromatic rings. The van der Waals surface area contributed by atoms with Crippen LogP contribution in [0.25, 0.3) is 0 Å². The van der Waals surface area contributed by atoms with Crippen molar-refractivity contribution < 1.29 is 25.2 Å². The lowest BCUT2D eigenvalue weighted by Gasteiger charge is -2.27. The molecule has 232 valence electrons. The normalized spacial score (nSPS) is 14.9. The molecule has 0 fully saturated rings. The molecule has 0 aliphatic heterocycles. The van der Waals surface area contributed by atoms with Crippen LogP contribution >= 0.6 is 0 Å². The van der Waals surface area contributed by atoms with Gasteiger partial charge in [-0.3, -0.25) is 4.79 Å². The fourth-order valence-electron chi connectivity index (χ4n) is 4.99. The van der Waals surface area contributed by atoms with Crippen LogP contribution in [0.4, 0.5) is 0 Å². The fourth-order valence-corrected chi connectivity index (χ4v) is 4.99. The number of allylic oxidation sites excluding steroid dienone is 2. The van der Waals surface area contributed by atoms with Crippen molar-refractivity contribution in [3.63, 3.8) is 0 Å². The maximum atomic E-state index is 12.4. The van der Waals surface area contributed by atoms with Gasteiger partial charge >= 0.3 is 0 Å². The van der Waals surface area contributed by atoms with Gasteiger partial charge in [-0.15, -0.1) is 0 Å². The summed E-state index contributed by atoms with van der Waals surface area (Å²) in [5.41, 5.74) is 0. The highest BCUT2D eigenvalue weighted by molar-refractivity contribution is 5.80. The summed E-state index contributed by atoms with van der Waals surface area (Å²) in [5, 5.41) is 43.1. The van der Waals surface area contributed by atoms with Gasteiger partial charge in [0.15, 0.2) is 0 Å². The minimum absolute atomic E-state index is 0.367. The molecule has 0 saturated heterocycles. The SMILES string of the molecule is CCCCC/C=C/CCCC(O)C(O)C(CO)NC(=O)C(O)CCCCCCCCCCCCCCCCC. The van der Waals surface area contributed by atoms with Crippen LogP contribution in [0.5, 0.6) is 0 Å². The Balaban J connectivity index is 3.84. The van der Waals surface area contributed by atoms with Crippen LogP contribution < -0.4 is 5.32 Å². The van der Waals surface area contributed by atoms with E-state index in [1.54, 1.807) is 0 Å². The third-order valence-electron chi connectivity index (χ3n) is 7.73. The number of hydrogen-bond donors (Lipinski definition) is 5. The van der Waals surface area contributed by atoms with Gasteiger partial charge in [-0.1, -0.05) is 135 Å². The molecule has 0 spiro atoms. The van der Waals surface area contributed by atoms with Crippen LogP contribution in [0, 0.1) is 0 Å². The second-order valence-corrected chi connectivity index (χ2v) is 11.5. The van der Waals surface area contributed by atoms with Crippen LogP contribution in [-0.2, 0) is 4.79 Å². The highest BCUT2D eigenvalue weighted by Crippen LogP contribution is 2.15. The van der Waals surface area contributed by atoms with Gasteiger partial charge in [-0.25, -0.2) is 0 Å².